The molecule has 0 aliphatic rings. The normalized spacial score (nSPS) is 10.2. The number of methoxy groups -OCH3 is 2. The van der Waals surface area contributed by atoms with Crippen molar-refractivity contribution < 1.29 is 14.3 Å². The van der Waals surface area contributed by atoms with Gasteiger partial charge in [-0.05, 0) is 44.0 Å². The predicted octanol–water partition coefficient (Wildman–Crippen LogP) is 3.68. The lowest BCUT2D eigenvalue weighted by Crippen LogP contribution is -2.22. The second kappa shape index (κ2) is 7.73. The summed E-state index contributed by atoms with van der Waals surface area (Å²) in [6.45, 7) is 6.13. The number of carbonyl (C=O) groups is 1. The Bertz CT molecular complexity index is 742. The Morgan fingerprint density at radius 1 is 0.917 bits per heavy atom. The van der Waals surface area contributed by atoms with Crippen LogP contribution in [0.25, 0.3) is 0 Å². The number of anilines is 2. The fraction of sp³-hybridized carbons (Fsp3) is 0.316. The highest BCUT2D eigenvalue weighted by Crippen LogP contribution is 2.32. The predicted molar refractivity (Wildman–Crippen MR) is 97.3 cm³/mol. The van der Waals surface area contributed by atoms with Crippen molar-refractivity contribution in [1.82, 2.24) is 0 Å². The number of rotatable bonds is 6. The molecule has 0 aliphatic heterocycles. The van der Waals surface area contributed by atoms with Crippen LogP contribution in [0.3, 0.4) is 0 Å². The van der Waals surface area contributed by atoms with Gasteiger partial charge in [0.15, 0.2) is 11.5 Å². The average Bonchev–Trinajstić information content (AvgIpc) is 2.56. The lowest BCUT2D eigenvalue weighted by Gasteiger charge is -2.15. The molecule has 0 radical (unpaired) electrons. The molecule has 0 spiro atoms. The Hall–Kier alpha value is -2.69. The molecule has 2 rings (SSSR count). The second-order valence-corrected chi connectivity index (χ2v) is 5.74. The third-order valence-electron chi connectivity index (χ3n) is 3.83. The van der Waals surface area contributed by atoms with E-state index in [0.29, 0.717) is 11.5 Å². The van der Waals surface area contributed by atoms with E-state index in [-0.39, 0.29) is 12.5 Å². The molecule has 0 aromatic heterocycles. The summed E-state index contributed by atoms with van der Waals surface area (Å²) in [5, 5.41) is 6.06. The van der Waals surface area contributed by atoms with E-state index < -0.39 is 0 Å². The Balaban J connectivity index is 2.03. The highest BCUT2D eigenvalue weighted by atomic mass is 16.5. The molecule has 0 bridgehead atoms. The Morgan fingerprint density at radius 2 is 1.54 bits per heavy atom. The third-order valence-corrected chi connectivity index (χ3v) is 3.83. The van der Waals surface area contributed by atoms with Gasteiger partial charge < -0.3 is 20.1 Å². The molecule has 0 fully saturated rings. The Morgan fingerprint density at radius 3 is 2.17 bits per heavy atom. The Labute approximate surface area is 143 Å². The monoisotopic (exact) mass is 328 g/mol. The van der Waals surface area contributed by atoms with Crippen LogP contribution in [0.2, 0.25) is 0 Å². The van der Waals surface area contributed by atoms with Crippen LogP contribution in [0.4, 0.5) is 11.4 Å². The maximum atomic E-state index is 12.2. The minimum Gasteiger partial charge on any atom is -0.493 e. The molecule has 24 heavy (non-hydrogen) atoms. The molecule has 0 unspecified atom stereocenters. The fourth-order valence-corrected chi connectivity index (χ4v) is 2.49. The molecule has 5 heteroatoms. The van der Waals surface area contributed by atoms with Gasteiger partial charge in [0.25, 0.3) is 0 Å². The first-order valence-corrected chi connectivity index (χ1v) is 7.78. The number of ether oxygens (including phenoxy) is 2. The van der Waals surface area contributed by atoms with Crippen LogP contribution >= 0.6 is 0 Å². The summed E-state index contributed by atoms with van der Waals surface area (Å²) >= 11 is 0. The van der Waals surface area contributed by atoms with Crippen molar-refractivity contribution in [3.05, 3.63) is 47.0 Å². The zero-order valence-electron chi connectivity index (χ0n) is 14.8. The lowest BCUT2D eigenvalue weighted by molar-refractivity contribution is -0.114. The topological polar surface area (TPSA) is 59.6 Å². The van der Waals surface area contributed by atoms with Crippen molar-refractivity contribution in [3.8, 4) is 11.5 Å². The molecule has 128 valence electrons. The van der Waals surface area contributed by atoms with Crippen LogP contribution in [0, 0.1) is 20.8 Å². The van der Waals surface area contributed by atoms with Crippen LogP contribution in [0.5, 0.6) is 11.5 Å². The van der Waals surface area contributed by atoms with Crippen LogP contribution in [0.15, 0.2) is 30.3 Å². The van der Waals surface area contributed by atoms with E-state index >= 15 is 0 Å². The fourth-order valence-electron chi connectivity index (χ4n) is 2.49. The zero-order valence-corrected chi connectivity index (χ0v) is 14.8. The molecule has 2 N–H and O–H groups in total. The highest BCUT2D eigenvalue weighted by Gasteiger charge is 2.10. The van der Waals surface area contributed by atoms with E-state index in [9.17, 15) is 4.79 Å². The first-order chi connectivity index (χ1) is 11.4. The largest absolute Gasteiger partial charge is 0.493 e. The zero-order chi connectivity index (χ0) is 17.7. The molecular formula is C19H24N2O3. The van der Waals surface area contributed by atoms with Crippen molar-refractivity contribution in [1.29, 1.82) is 0 Å². The number of nitrogens with one attached hydrogen (secondary N) is 2. The van der Waals surface area contributed by atoms with Crippen LogP contribution < -0.4 is 20.1 Å². The van der Waals surface area contributed by atoms with E-state index in [2.05, 4.69) is 10.6 Å². The van der Waals surface area contributed by atoms with Crippen LogP contribution in [-0.4, -0.2) is 26.7 Å². The molecule has 0 aliphatic carbocycles. The van der Waals surface area contributed by atoms with E-state index in [0.717, 1.165) is 22.5 Å². The number of amides is 1. The van der Waals surface area contributed by atoms with E-state index in [4.69, 9.17) is 9.47 Å². The van der Waals surface area contributed by atoms with Crippen molar-refractivity contribution in [2.24, 2.45) is 0 Å². The number of hydrogen-bond acceptors (Lipinski definition) is 4. The van der Waals surface area contributed by atoms with Gasteiger partial charge >= 0.3 is 0 Å². The standard InChI is InChI=1S/C19H24N2O3/c1-12-6-7-15(13(2)8-12)21-19(22)11-20-16-10-18(24-5)17(23-4)9-14(16)3/h6-10,20H,11H2,1-5H3,(H,21,22). The summed E-state index contributed by atoms with van der Waals surface area (Å²) in [7, 11) is 3.19. The van der Waals surface area contributed by atoms with Crippen molar-refractivity contribution in [2.75, 3.05) is 31.4 Å². The first-order valence-electron chi connectivity index (χ1n) is 7.78. The lowest BCUT2D eigenvalue weighted by atomic mass is 10.1. The van der Waals surface area contributed by atoms with Crippen LogP contribution in [0.1, 0.15) is 16.7 Å². The van der Waals surface area contributed by atoms with E-state index in [1.54, 1.807) is 14.2 Å². The first kappa shape index (κ1) is 17.7. The summed E-state index contributed by atoms with van der Waals surface area (Å²) in [4.78, 5) is 12.2. The summed E-state index contributed by atoms with van der Waals surface area (Å²) in [6, 6.07) is 9.65. The SMILES string of the molecule is COc1cc(C)c(NCC(=O)Nc2ccc(C)cc2C)cc1OC. The van der Waals surface area contributed by atoms with Gasteiger partial charge in [0.2, 0.25) is 5.91 Å². The minimum atomic E-state index is -0.101. The summed E-state index contributed by atoms with van der Waals surface area (Å²) < 4.78 is 10.6. The van der Waals surface area contributed by atoms with Gasteiger partial charge in [-0.2, -0.15) is 0 Å². The molecule has 5 nitrogen and oxygen atoms in total. The van der Waals surface area contributed by atoms with Gasteiger partial charge in [0.05, 0.1) is 20.8 Å². The highest BCUT2D eigenvalue weighted by molar-refractivity contribution is 5.94. The molecule has 1 amide bonds. The molecular weight excluding hydrogens is 304 g/mol. The molecule has 0 saturated carbocycles. The minimum absolute atomic E-state index is 0.101. The van der Waals surface area contributed by atoms with Gasteiger partial charge in [-0.3, -0.25) is 4.79 Å². The quantitative estimate of drug-likeness (QED) is 0.849. The second-order valence-electron chi connectivity index (χ2n) is 5.74. The number of hydrogen-bond donors (Lipinski definition) is 2. The molecule has 0 saturated heterocycles. The van der Waals surface area contributed by atoms with Crippen LogP contribution in [-0.2, 0) is 4.79 Å². The maximum absolute atomic E-state index is 12.2. The molecule has 2 aromatic rings. The van der Waals surface area contributed by atoms with E-state index in [1.165, 1.54) is 5.56 Å². The van der Waals surface area contributed by atoms with Gasteiger partial charge in [0.1, 0.15) is 0 Å². The maximum Gasteiger partial charge on any atom is 0.243 e. The van der Waals surface area contributed by atoms with Gasteiger partial charge in [-0.1, -0.05) is 17.7 Å². The van der Waals surface area contributed by atoms with Crippen molar-refractivity contribution >= 4 is 17.3 Å². The number of aryl methyl sites for hydroxylation is 3. The van der Waals surface area contributed by atoms with Crippen molar-refractivity contribution in [3.63, 3.8) is 0 Å². The molecule has 2 aromatic carbocycles. The summed E-state index contributed by atoms with van der Waals surface area (Å²) in [5.74, 6) is 1.19. The molecule has 0 atom stereocenters. The smallest absolute Gasteiger partial charge is 0.243 e. The van der Waals surface area contributed by atoms with Gasteiger partial charge in [-0.15, -0.1) is 0 Å². The van der Waals surface area contributed by atoms with Crippen molar-refractivity contribution in [2.45, 2.75) is 20.8 Å². The number of carbonyl (C=O) groups excluding carboxylic acids is 1. The third kappa shape index (κ3) is 4.19. The summed E-state index contributed by atoms with van der Waals surface area (Å²) in [6.07, 6.45) is 0. The summed E-state index contributed by atoms with van der Waals surface area (Å²) in [5.41, 5.74) is 4.86. The van der Waals surface area contributed by atoms with E-state index in [1.807, 2.05) is 51.1 Å². The van der Waals surface area contributed by atoms with Gasteiger partial charge in [0, 0.05) is 17.4 Å². The Kier molecular flexibility index (Phi) is 5.68. The number of benzene rings is 2. The average molecular weight is 328 g/mol. The van der Waals surface area contributed by atoms with Gasteiger partial charge in [-0.25, -0.2) is 0 Å². The molecule has 0 heterocycles.